The van der Waals surface area contributed by atoms with Crippen molar-refractivity contribution in [3.05, 3.63) is 71.3 Å². The Morgan fingerprint density at radius 3 is 2.17 bits per heavy atom. The van der Waals surface area contributed by atoms with Gasteiger partial charge in [0.2, 0.25) is 0 Å². The summed E-state index contributed by atoms with van der Waals surface area (Å²) >= 11 is 0. The third kappa shape index (κ3) is 2.54. The molecule has 1 unspecified atom stereocenters. The molecule has 2 aromatic carbocycles. The van der Waals surface area contributed by atoms with Crippen molar-refractivity contribution in [3.8, 4) is 6.07 Å². The fourth-order valence-electron chi connectivity index (χ4n) is 1.87. The molecule has 0 fully saturated rings. The lowest BCUT2D eigenvalue weighted by molar-refractivity contribution is 0.585. The van der Waals surface area contributed by atoms with Gasteiger partial charge < -0.3 is 0 Å². The largest absolute Gasteiger partial charge is 0.207 e. The van der Waals surface area contributed by atoms with Gasteiger partial charge in [-0.3, -0.25) is 0 Å². The smallest absolute Gasteiger partial charge is 0.127 e. The highest BCUT2D eigenvalue weighted by Crippen LogP contribution is 2.23. The Morgan fingerprint density at radius 2 is 1.56 bits per heavy atom. The van der Waals surface area contributed by atoms with Crippen molar-refractivity contribution in [3.63, 3.8) is 0 Å². The summed E-state index contributed by atoms with van der Waals surface area (Å²) in [7, 11) is 0. The van der Waals surface area contributed by atoms with Gasteiger partial charge in [-0.15, -0.1) is 0 Å². The van der Waals surface area contributed by atoms with Crippen LogP contribution in [0.1, 0.15) is 17.0 Å². The number of halogens is 2. The number of hydrogen-bond donors (Lipinski definition) is 0. The highest BCUT2D eigenvalue weighted by Gasteiger charge is 2.16. The van der Waals surface area contributed by atoms with Gasteiger partial charge in [-0.05, 0) is 24.1 Å². The number of hydrogen-bond acceptors (Lipinski definition) is 1. The van der Waals surface area contributed by atoms with Crippen molar-refractivity contribution < 1.29 is 8.78 Å². The molecule has 0 heterocycles. The van der Waals surface area contributed by atoms with Crippen LogP contribution in [0.4, 0.5) is 8.78 Å². The van der Waals surface area contributed by atoms with Crippen LogP contribution < -0.4 is 0 Å². The summed E-state index contributed by atoms with van der Waals surface area (Å²) < 4.78 is 27.1. The second-order valence-electron chi connectivity index (χ2n) is 4.00. The minimum atomic E-state index is -0.678. The second-order valence-corrected chi connectivity index (χ2v) is 4.00. The number of rotatable bonds is 3. The average Bonchev–Trinajstić information content (AvgIpc) is 2.39. The van der Waals surface area contributed by atoms with E-state index in [9.17, 15) is 8.78 Å². The Hall–Kier alpha value is -2.21. The van der Waals surface area contributed by atoms with Crippen LogP contribution >= 0.6 is 0 Å². The van der Waals surface area contributed by atoms with E-state index >= 15 is 0 Å². The van der Waals surface area contributed by atoms with Crippen molar-refractivity contribution in [2.24, 2.45) is 0 Å². The normalized spacial score (nSPS) is 11.8. The zero-order valence-electron chi connectivity index (χ0n) is 9.61. The van der Waals surface area contributed by atoms with Gasteiger partial charge in [0.15, 0.2) is 0 Å². The van der Waals surface area contributed by atoms with Crippen LogP contribution in [-0.2, 0) is 6.42 Å². The lowest BCUT2D eigenvalue weighted by Gasteiger charge is -2.11. The highest BCUT2D eigenvalue weighted by atomic mass is 19.1. The summed E-state index contributed by atoms with van der Waals surface area (Å²) in [6, 6.07) is 14.4. The lowest BCUT2D eigenvalue weighted by Crippen LogP contribution is -2.04. The second kappa shape index (κ2) is 5.42. The van der Waals surface area contributed by atoms with Gasteiger partial charge in [0.1, 0.15) is 11.6 Å². The summed E-state index contributed by atoms with van der Waals surface area (Å²) in [6.07, 6.45) is 0.171. The first-order valence-electron chi connectivity index (χ1n) is 5.60. The van der Waals surface area contributed by atoms with Crippen molar-refractivity contribution in [2.45, 2.75) is 12.3 Å². The first kappa shape index (κ1) is 12.3. The first-order chi connectivity index (χ1) is 8.72. The molecular weight excluding hydrogens is 232 g/mol. The molecular formula is C15H11F2N. The van der Waals surface area contributed by atoms with Crippen LogP contribution in [0.15, 0.2) is 48.5 Å². The van der Waals surface area contributed by atoms with Crippen molar-refractivity contribution in [2.75, 3.05) is 0 Å². The predicted molar refractivity (Wildman–Crippen MR) is 64.9 cm³/mol. The summed E-state index contributed by atoms with van der Waals surface area (Å²) in [5.74, 6) is -1.47. The van der Waals surface area contributed by atoms with Gasteiger partial charge in [-0.25, -0.2) is 8.78 Å². The lowest BCUT2D eigenvalue weighted by atomic mass is 9.92. The molecule has 0 amide bonds. The molecule has 0 radical (unpaired) electrons. The van der Waals surface area contributed by atoms with E-state index in [1.165, 1.54) is 12.1 Å². The van der Waals surface area contributed by atoms with Crippen LogP contribution in [0.3, 0.4) is 0 Å². The Morgan fingerprint density at radius 1 is 0.944 bits per heavy atom. The third-order valence-corrected chi connectivity index (χ3v) is 2.82. The summed E-state index contributed by atoms with van der Waals surface area (Å²) in [5, 5.41) is 9.12. The van der Waals surface area contributed by atoms with Gasteiger partial charge in [0, 0.05) is 5.56 Å². The van der Waals surface area contributed by atoms with Crippen LogP contribution in [0.25, 0.3) is 0 Å². The van der Waals surface area contributed by atoms with Crippen molar-refractivity contribution in [1.29, 1.82) is 5.26 Å². The molecule has 0 aliphatic carbocycles. The molecule has 2 rings (SSSR count). The Kier molecular flexibility index (Phi) is 3.69. The molecule has 0 saturated heterocycles. The molecule has 18 heavy (non-hydrogen) atoms. The third-order valence-electron chi connectivity index (χ3n) is 2.82. The molecule has 0 N–H and O–H groups in total. The maximum atomic E-state index is 13.6. The van der Waals surface area contributed by atoms with Crippen LogP contribution in [0.5, 0.6) is 0 Å². The van der Waals surface area contributed by atoms with Gasteiger partial charge in [-0.2, -0.15) is 5.26 Å². The van der Waals surface area contributed by atoms with Gasteiger partial charge in [-0.1, -0.05) is 36.4 Å². The van der Waals surface area contributed by atoms with Crippen LogP contribution in [0, 0.1) is 23.0 Å². The molecule has 0 aliphatic heterocycles. The van der Waals surface area contributed by atoms with E-state index < -0.39 is 11.7 Å². The van der Waals surface area contributed by atoms with E-state index in [4.69, 9.17) is 5.26 Å². The van der Waals surface area contributed by atoms with E-state index in [0.717, 1.165) is 0 Å². The van der Waals surface area contributed by atoms with Crippen LogP contribution in [0.2, 0.25) is 0 Å². The molecule has 0 aliphatic rings. The summed E-state index contributed by atoms with van der Waals surface area (Å²) in [4.78, 5) is 0. The van der Waals surface area contributed by atoms with E-state index in [1.54, 1.807) is 36.4 Å². The number of nitrogens with zero attached hydrogens (tertiary/aromatic N) is 1. The van der Waals surface area contributed by atoms with Gasteiger partial charge >= 0.3 is 0 Å². The minimum Gasteiger partial charge on any atom is -0.207 e. The first-order valence-corrected chi connectivity index (χ1v) is 5.60. The van der Waals surface area contributed by atoms with Crippen LogP contribution in [-0.4, -0.2) is 0 Å². The summed E-state index contributed by atoms with van der Waals surface area (Å²) in [6.45, 7) is 0. The molecule has 3 heteroatoms. The van der Waals surface area contributed by atoms with E-state index in [1.807, 2.05) is 6.07 Å². The standard InChI is InChI=1S/C15H11F2N/c16-14-7-3-1-5-11(14)9-12(10-18)13-6-2-4-8-15(13)17/h1-8,12H,9H2. The Labute approximate surface area is 104 Å². The zero-order chi connectivity index (χ0) is 13.0. The molecule has 0 spiro atoms. The van der Waals surface area contributed by atoms with E-state index in [0.29, 0.717) is 11.1 Å². The quantitative estimate of drug-likeness (QED) is 0.804. The predicted octanol–water partition coefficient (Wildman–Crippen LogP) is 3.81. The molecule has 1 atom stereocenters. The fourth-order valence-corrected chi connectivity index (χ4v) is 1.87. The van der Waals surface area contributed by atoms with E-state index in [2.05, 4.69) is 0 Å². The molecule has 90 valence electrons. The average molecular weight is 243 g/mol. The topological polar surface area (TPSA) is 23.8 Å². The molecule has 1 nitrogen and oxygen atoms in total. The van der Waals surface area contributed by atoms with E-state index in [-0.39, 0.29) is 12.2 Å². The number of benzene rings is 2. The monoisotopic (exact) mass is 243 g/mol. The molecule has 0 saturated carbocycles. The van der Waals surface area contributed by atoms with Crippen molar-refractivity contribution >= 4 is 0 Å². The Bertz CT molecular complexity index is 587. The maximum Gasteiger partial charge on any atom is 0.127 e. The SMILES string of the molecule is N#CC(Cc1ccccc1F)c1ccccc1F. The highest BCUT2D eigenvalue weighted by molar-refractivity contribution is 5.30. The fraction of sp³-hybridized carbons (Fsp3) is 0.133. The molecule has 2 aromatic rings. The number of nitriles is 1. The Balaban J connectivity index is 2.30. The van der Waals surface area contributed by atoms with Gasteiger partial charge in [0.25, 0.3) is 0 Å². The van der Waals surface area contributed by atoms with Crippen molar-refractivity contribution in [1.82, 2.24) is 0 Å². The summed E-state index contributed by atoms with van der Waals surface area (Å²) in [5.41, 5.74) is 0.732. The molecule has 0 aromatic heterocycles. The van der Waals surface area contributed by atoms with Gasteiger partial charge in [0.05, 0.1) is 12.0 Å². The molecule has 0 bridgehead atoms. The maximum absolute atomic E-state index is 13.6. The minimum absolute atomic E-state index is 0.171. The zero-order valence-corrected chi connectivity index (χ0v) is 9.61.